The first kappa shape index (κ1) is 11.8. The van der Waals surface area contributed by atoms with Gasteiger partial charge in [0.2, 0.25) is 0 Å². The van der Waals surface area contributed by atoms with Crippen molar-refractivity contribution in [1.82, 2.24) is 15.3 Å². The molecule has 0 saturated carbocycles. The molecule has 0 atom stereocenters. The number of rotatable bonds is 6. The van der Waals surface area contributed by atoms with E-state index < -0.39 is 0 Å². The van der Waals surface area contributed by atoms with Crippen LogP contribution in [0.5, 0.6) is 0 Å². The maximum Gasteiger partial charge on any atom is 0.136 e. The Morgan fingerprint density at radius 3 is 2.88 bits per heavy atom. The summed E-state index contributed by atoms with van der Waals surface area (Å²) in [6, 6.07) is 5.91. The van der Waals surface area contributed by atoms with Gasteiger partial charge in [-0.15, -0.1) is 11.3 Å². The summed E-state index contributed by atoms with van der Waals surface area (Å²) in [5.74, 6) is 1.63. The molecule has 2 rings (SSSR count). The van der Waals surface area contributed by atoms with E-state index in [0.717, 1.165) is 29.7 Å². The summed E-state index contributed by atoms with van der Waals surface area (Å²) in [4.78, 5) is 8.33. The predicted octanol–water partition coefficient (Wildman–Crippen LogP) is 1.91. The first-order valence-corrected chi connectivity index (χ1v) is 6.27. The Kier molecular flexibility index (Phi) is 4.29. The molecule has 90 valence electrons. The molecule has 17 heavy (non-hydrogen) atoms. The average molecular weight is 249 g/mol. The van der Waals surface area contributed by atoms with Crippen LogP contribution in [0.4, 0.5) is 16.6 Å². The molecule has 0 bridgehead atoms. The quantitative estimate of drug-likeness (QED) is 0.683. The summed E-state index contributed by atoms with van der Waals surface area (Å²) in [7, 11) is 1.92. The van der Waals surface area contributed by atoms with Gasteiger partial charge in [-0.05, 0) is 24.6 Å². The van der Waals surface area contributed by atoms with E-state index in [2.05, 4.69) is 25.9 Å². The van der Waals surface area contributed by atoms with Crippen LogP contribution in [-0.2, 0) is 0 Å². The molecule has 0 unspecified atom stereocenters. The standard InChI is InChI=1S/C11H15N5S/c1-12-4-5-13-9-7-10(15-8-14-9)16-11-3-2-6-17-11/h2-3,6-8,12H,4-5H2,1H3,(H2,13,14,15,16). The van der Waals surface area contributed by atoms with E-state index in [4.69, 9.17) is 0 Å². The van der Waals surface area contributed by atoms with Crippen LogP contribution in [0, 0.1) is 0 Å². The molecule has 0 aliphatic carbocycles. The van der Waals surface area contributed by atoms with E-state index in [1.165, 1.54) is 0 Å². The number of hydrogen-bond acceptors (Lipinski definition) is 6. The summed E-state index contributed by atoms with van der Waals surface area (Å²) in [6.45, 7) is 1.74. The molecule has 0 aromatic carbocycles. The fraction of sp³-hybridized carbons (Fsp3) is 0.273. The summed E-state index contributed by atoms with van der Waals surface area (Å²) in [5.41, 5.74) is 0. The zero-order valence-corrected chi connectivity index (χ0v) is 10.4. The van der Waals surface area contributed by atoms with Gasteiger partial charge in [0.1, 0.15) is 18.0 Å². The van der Waals surface area contributed by atoms with Crippen molar-refractivity contribution in [2.45, 2.75) is 0 Å². The minimum atomic E-state index is 0.800. The van der Waals surface area contributed by atoms with Crippen molar-refractivity contribution in [2.24, 2.45) is 0 Å². The molecule has 5 nitrogen and oxygen atoms in total. The second-order valence-electron chi connectivity index (χ2n) is 3.42. The Hall–Kier alpha value is -1.66. The Morgan fingerprint density at radius 1 is 1.24 bits per heavy atom. The van der Waals surface area contributed by atoms with Gasteiger partial charge in [-0.3, -0.25) is 0 Å². The van der Waals surface area contributed by atoms with Crippen LogP contribution in [-0.4, -0.2) is 30.1 Å². The van der Waals surface area contributed by atoms with Crippen LogP contribution < -0.4 is 16.0 Å². The molecule has 3 N–H and O–H groups in total. The van der Waals surface area contributed by atoms with Gasteiger partial charge >= 0.3 is 0 Å². The van der Waals surface area contributed by atoms with Crippen molar-refractivity contribution in [3.05, 3.63) is 29.9 Å². The van der Waals surface area contributed by atoms with Crippen LogP contribution in [0.15, 0.2) is 29.9 Å². The van der Waals surface area contributed by atoms with Crippen molar-refractivity contribution in [3.8, 4) is 0 Å². The third-order valence-corrected chi connectivity index (χ3v) is 2.91. The largest absolute Gasteiger partial charge is 0.369 e. The molecule has 0 radical (unpaired) electrons. The third kappa shape index (κ3) is 3.69. The maximum atomic E-state index is 4.17. The summed E-state index contributed by atoms with van der Waals surface area (Å²) in [5, 5.41) is 12.6. The van der Waals surface area contributed by atoms with Crippen molar-refractivity contribution in [1.29, 1.82) is 0 Å². The van der Waals surface area contributed by atoms with Gasteiger partial charge in [-0.2, -0.15) is 0 Å². The van der Waals surface area contributed by atoms with Crippen LogP contribution in [0.2, 0.25) is 0 Å². The van der Waals surface area contributed by atoms with Gasteiger partial charge in [0.25, 0.3) is 0 Å². The van der Waals surface area contributed by atoms with E-state index in [1.54, 1.807) is 17.7 Å². The first-order valence-electron chi connectivity index (χ1n) is 5.39. The van der Waals surface area contributed by atoms with E-state index in [-0.39, 0.29) is 0 Å². The molecule has 0 aliphatic rings. The second-order valence-corrected chi connectivity index (χ2v) is 4.37. The Balaban J connectivity index is 1.96. The van der Waals surface area contributed by atoms with E-state index in [9.17, 15) is 0 Å². The number of anilines is 3. The SMILES string of the molecule is CNCCNc1cc(Nc2cccs2)ncn1. The smallest absolute Gasteiger partial charge is 0.136 e. The van der Waals surface area contributed by atoms with Gasteiger partial charge in [0, 0.05) is 19.2 Å². The fourth-order valence-corrected chi connectivity index (χ4v) is 1.94. The molecule has 0 saturated heterocycles. The number of thiophene rings is 1. The Labute approximate surface area is 104 Å². The predicted molar refractivity (Wildman–Crippen MR) is 72.1 cm³/mol. The normalized spacial score (nSPS) is 10.2. The number of nitrogens with zero attached hydrogens (tertiary/aromatic N) is 2. The van der Waals surface area contributed by atoms with Crippen molar-refractivity contribution >= 4 is 28.0 Å². The van der Waals surface area contributed by atoms with E-state index >= 15 is 0 Å². The lowest BCUT2D eigenvalue weighted by molar-refractivity contribution is 0.821. The molecule has 0 amide bonds. The number of hydrogen-bond donors (Lipinski definition) is 3. The maximum absolute atomic E-state index is 4.17. The van der Waals surface area contributed by atoms with Crippen LogP contribution in [0.3, 0.4) is 0 Å². The number of nitrogens with one attached hydrogen (secondary N) is 3. The molecular weight excluding hydrogens is 234 g/mol. The minimum absolute atomic E-state index is 0.800. The number of likely N-dealkylation sites (N-methyl/N-ethyl adjacent to an activating group) is 1. The zero-order chi connectivity index (χ0) is 11.9. The molecule has 0 fully saturated rings. The van der Waals surface area contributed by atoms with E-state index in [1.807, 2.05) is 30.6 Å². The lowest BCUT2D eigenvalue weighted by atomic mass is 10.5. The molecular formula is C11H15N5S. The molecule has 6 heteroatoms. The minimum Gasteiger partial charge on any atom is -0.369 e. The monoisotopic (exact) mass is 249 g/mol. The highest BCUT2D eigenvalue weighted by molar-refractivity contribution is 7.14. The highest BCUT2D eigenvalue weighted by Crippen LogP contribution is 2.20. The lowest BCUT2D eigenvalue weighted by Gasteiger charge is -2.07. The summed E-state index contributed by atoms with van der Waals surface area (Å²) in [6.07, 6.45) is 1.55. The van der Waals surface area contributed by atoms with E-state index in [0.29, 0.717) is 0 Å². The Bertz CT molecular complexity index is 443. The second kappa shape index (κ2) is 6.17. The lowest BCUT2D eigenvalue weighted by Crippen LogP contribution is -2.18. The number of aromatic nitrogens is 2. The molecule has 0 spiro atoms. The summed E-state index contributed by atoms with van der Waals surface area (Å²) < 4.78 is 0. The van der Waals surface area contributed by atoms with Crippen LogP contribution in [0.1, 0.15) is 0 Å². The van der Waals surface area contributed by atoms with Gasteiger partial charge in [-0.1, -0.05) is 0 Å². The Morgan fingerprint density at radius 2 is 2.12 bits per heavy atom. The molecule has 0 aliphatic heterocycles. The van der Waals surface area contributed by atoms with Crippen molar-refractivity contribution in [3.63, 3.8) is 0 Å². The van der Waals surface area contributed by atoms with Crippen LogP contribution in [0.25, 0.3) is 0 Å². The highest BCUT2D eigenvalue weighted by atomic mass is 32.1. The van der Waals surface area contributed by atoms with Gasteiger partial charge in [0.05, 0.1) is 5.00 Å². The van der Waals surface area contributed by atoms with Crippen molar-refractivity contribution < 1.29 is 0 Å². The average Bonchev–Trinajstić information content (AvgIpc) is 2.83. The highest BCUT2D eigenvalue weighted by Gasteiger charge is 1.99. The van der Waals surface area contributed by atoms with Crippen LogP contribution >= 0.6 is 11.3 Å². The molecule has 2 aromatic rings. The summed E-state index contributed by atoms with van der Waals surface area (Å²) >= 11 is 1.64. The molecule has 2 aromatic heterocycles. The van der Waals surface area contributed by atoms with Crippen molar-refractivity contribution in [2.75, 3.05) is 30.8 Å². The first-order chi connectivity index (χ1) is 8.38. The third-order valence-electron chi connectivity index (χ3n) is 2.12. The van der Waals surface area contributed by atoms with Gasteiger partial charge in [0.15, 0.2) is 0 Å². The van der Waals surface area contributed by atoms with Gasteiger partial charge in [-0.25, -0.2) is 9.97 Å². The zero-order valence-electron chi connectivity index (χ0n) is 9.60. The fourth-order valence-electron chi connectivity index (χ4n) is 1.31. The molecule has 2 heterocycles. The van der Waals surface area contributed by atoms with Gasteiger partial charge < -0.3 is 16.0 Å². The topological polar surface area (TPSA) is 61.9 Å².